The summed E-state index contributed by atoms with van der Waals surface area (Å²) in [6.45, 7) is 1.84. The number of hydrogen-bond acceptors (Lipinski definition) is 5. The predicted octanol–water partition coefficient (Wildman–Crippen LogP) is 2.11. The van der Waals surface area contributed by atoms with Crippen molar-refractivity contribution in [3.05, 3.63) is 5.01 Å². The summed E-state index contributed by atoms with van der Waals surface area (Å²) in [6.07, 6.45) is -1.56. The number of nitrogens with one attached hydrogen (secondary N) is 2. The van der Waals surface area contributed by atoms with Crippen LogP contribution in [0.2, 0.25) is 0 Å². The third-order valence-electron chi connectivity index (χ3n) is 2.57. The van der Waals surface area contributed by atoms with Gasteiger partial charge in [0.25, 0.3) is 0 Å². The van der Waals surface area contributed by atoms with Gasteiger partial charge in [0, 0.05) is 6.04 Å². The van der Waals surface area contributed by atoms with Gasteiger partial charge >= 0.3 is 6.18 Å². The van der Waals surface area contributed by atoms with Gasteiger partial charge < -0.3 is 10.6 Å². The zero-order valence-corrected chi connectivity index (χ0v) is 9.87. The molecule has 17 heavy (non-hydrogen) atoms. The lowest BCUT2D eigenvalue weighted by atomic mass is 10.1. The van der Waals surface area contributed by atoms with Crippen molar-refractivity contribution < 1.29 is 13.2 Å². The first kappa shape index (κ1) is 12.6. The zero-order valence-electron chi connectivity index (χ0n) is 9.05. The molecule has 1 saturated heterocycles. The van der Waals surface area contributed by atoms with Crippen molar-refractivity contribution in [1.82, 2.24) is 15.5 Å². The Bertz CT molecular complexity index is 357. The second-order valence-corrected chi connectivity index (χ2v) is 4.91. The first-order chi connectivity index (χ1) is 8.05. The van der Waals surface area contributed by atoms with Crippen molar-refractivity contribution in [2.75, 3.05) is 18.4 Å². The quantitative estimate of drug-likeness (QED) is 0.860. The van der Waals surface area contributed by atoms with Crippen LogP contribution < -0.4 is 10.6 Å². The summed E-state index contributed by atoms with van der Waals surface area (Å²) in [4.78, 5) is 0. The fourth-order valence-corrected chi connectivity index (χ4v) is 2.42. The van der Waals surface area contributed by atoms with Crippen LogP contribution in [0.15, 0.2) is 0 Å². The summed E-state index contributed by atoms with van der Waals surface area (Å²) in [5.74, 6) is 0. The summed E-state index contributed by atoms with van der Waals surface area (Å²) in [7, 11) is 0. The van der Waals surface area contributed by atoms with E-state index in [1.165, 1.54) is 0 Å². The summed E-state index contributed by atoms with van der Waals surface area (Å²) < 4.78 is 36.9. The van der Waals surface area contributed by atoms with Gasteiger partial charge in [-0.3, -0.25) is 0 Å². The van der Waals surface area contributed by atoms with Crippen LogP contribution >= 0.6 is 11.3 Å². The van der Waals surface area contributed by atoms with Gasteiger partial charge in [0.1, 0.15) is 0 Å². The molecule has 1 atom stereocenters. The van der Waals surface area contributed by atoms with Crippen LogP contribution in [0.3, 0.4) is 0 Å². The molecular formula is C9H13F3N4S. The normalized spacial score (nSPS) is 22.2. The molecule has 2 rings (SSSR count). The third kappa shape index (κ3) is 3.53. The maximum absolute atomic E-state index is 12.3. The second kappa shape index (κ2) is 5.18. The van der Waals surface area contributed by atoms with Crippen molar-refractivity contribution in [3.8, 4) is 0 Å². The molecule has 0 saturated carbocycles. The van der Waals surface area contributed by atoms with E-state index in [0.29, 0.717) is 11.3 Å². The van der Waals surface area contributed by atoms with E-state index in [1.807, 2.05) is 0 Å². The Balaban J connectivity index is 1.96. The molecule has 0 aromatic carbocycles. The Morgan fingerprint density at radius 3 is 2.76 bits per heavy atom. The Labute approximate surface area is 101 Å². The highest BCUT2D eigenvalue weighted by molar-refractivity contribution is 7.15. The van der Waals surface area contributed by atoms with Crippen molar-refractivity contribution in [3.63, 3.8) is 0 Å². The van der Waals surface area contributed by atoms with E-state index in [4.69, 9.17) is 0 Å². The van der Waals surface area contributed by atoms with E-state index in [9.17, 15) is 13.2 Å². The molecule has 1 aliphatic heterocycles. The van der Waals surface area contributed by atoms with Gasteiger partial charge in [-0.1, -0.05) is 11.3 Å². The molecule has 4 nitrogen and oxygen atoms in total. The molecule has 1 aliphatic rings. The molecule has 0 amide bonds. The van der Waals surface area contributed by atoms with Gasteiger partial charge in [-0.15, -0.1) is 10.2 Å². The van der Waals surface area contributed by atoms with E-state index in [2.05, 4.69) is 20.8 Å². The van der Waals surface area contributed by atoms with Crippen LogP contribution in [0, 0.1) is 0 Å². The molecule has 96 valence electrons. The molecule has 0 bridgehead atoms. The Hall–Kier alpha value is -0.890. The van der Waals surface area contributed by atoms with Crippen LogP contribution in [-0.4, -0.2) is 29.3 Å². The zero-order chi connectivity index (χ0) is 12.3. The Morgan fingerprint density at radius 2 is 2.06 bits per heavy atom. The average molecular weight is 266 g/mol. The van der Waals surface area contributed by atoms with Gasteiger partial charge in [0.15, 0.2) is 0 Å². The molecule has 2 heterocycles. The molecule has 1 unspecified atom stereocenters. The fraction of sp³-hybridized carbons (Fsp3) is 0.778. The standard InChI is InChI=1S/C9H13F3N4S/c10-9(11,12)7-15-16-8(17-7)14-6-2-1-4-13-5-3-6/h6,13H,1-5H2,(H,14,16). The average Bonchev–Trinajstić information content (AvgIpc) is 2.56. The number of aromatic nitrogens is 2. The van der Waals surface area contributed by atoms with Crippen molar-refractivity contribution in [2.45, 2.75) is 31.5 Å². The Kier molecular flexibility index (Phi) is 3.82. The SMILES string of the molecule is FC(F)(F)c1nnc(NC2CCCNCC2)s1. The minimum Gasteiger partial charge on any atom is -0.357 e. The first-order valence-corrected chi connectivity index (χ1v) is 6.25. The number of rotatable bonds is 2. The van der Waals surface area contributed by atoms with Crippen LogP contribution in [0.25, 0.3) is 0 Å². The second-order valence-electron chi connectivity index (χ2n) is 3.93. The predicted molar refractivity (Wildman–Crippen MR) is 59.0 cm³/mol. The number of alkyl halides is 3. The summed E-state index contributed by atoms with van der Waals surface area (Å²) >= 11 is 0.562. The lowest BCUT2D eigenvalue weighted by Crippen LogP contribution is -2.21. The summed E-state index contributed by atoms with van der Waals surface area (Å²) in [5, 5.41) is 12.3. The third-order valence-corrected chi connectivity index (χ3v) is 3.47. The van der Waals surface area contributed by atoms with Crippen molar-refractivity contribution in [1.29, 1.82) is 0 Å². The smallest absolute Gasteiger partial charge is 0.357 e. The molecule has 0 radical (unpaired) electrons. The minimum atomic E-state index is -4.40. The number of nitrogens with zero attached hydrogens (tertiary/aromatic N) is 2. The van der Waals surface area contributed by atoms with E-state index >= 15 is 0 Å². The van der Waals surface area contributed by atoms with Crippen LogP contribution in [0.5, 0.6) is 0 Å². The highest BCUT2D eigenvalue weighted by Crippen LogP contribution is 2.33. The lowest BCUT2D eigenvalue weighted by molar-refractivity contribution is -0.138. The maximum Gasteiger partial charge on any atom is 0.445 e. The van der Waals surface area contributed by atoms with E-state index in [-0.39, 0.29) is 11.2 Å². The lowest BCUT2D eigenvalue weighted by Gasteiger charge is -2.13. The largest absolute Gasteiger partial charge is 0.445 e. The molecule has 1 aromatic rings. The molecule has 8 heteroatoms. The summed E-state index contributed by atoms with van der Waals surface area (Å²) in [5.41, 5.74) is 0. The highest BCUT2D eigenvalue weighted by Gasteiger charge is 2.35. The first-order valence-electron chi connectivity index (χ1n) is 5.43. The minimum absolute atomic E-state index is 0.180. The molecule has 1 fully saturated rings. The van der Waals surface area contributed by atoms with Gasteiger partial charge in [0.05, 0.1) is 0 Å². The topological polar surface area (TPSA) is 49.8 Å². The molecule has 2 N–H and O–H groups in total. The van der Waals surface area contributed by atoms with Gasteiger partial charge in [-0.2, -0.15) is 13.2 Å². The number of anilines is 1. The molecule has 1 aromatic heterocycles. The number of halogens is 3. The van der Waals surface area contributed by atoms with Crippen molar-refractivity contribution in [2.24, 2.45) is 0 Å². The fourth-order valence-electron chi connectivity index (χ4n) is 1.73. The van der Waals surface area contributed by atoms with Crippen molar-refractivity contribution >= 4 is 16.5 Å². The summed E-state index contributed by atoms with van der Waals surface area (Å²) in [6, 6.07) is 0.180. The highest BCUT2D eigenvalue weighted by atomic mass is 32.1. The van der Waals surface area contributed by atoms with E-state index in [0.717, 1.165) is 32.4 Å². The van der Waals surface area contributed by atoms with Crippen LogP contribution in [0.4, 0.5) is 18.3 Å². The van der Waals surface area contributed by atoms with Gasteiger partial charge in [0.2, 0.25) is 10.1 Å². The molecular weight excluding hydrogens is 253 g/mol. The van der Waals surface area contributed by atoms with Crippen LogP contribution in [-0.2, 0) is 6.18 Å². The molecule has 0 spiro atoms. The van der Waals surface area contributed by atoms with Gasteiger partial charge in [-0.25, -0.2) is 0 Å². The van der Waals surface area contributed by atoms with E-state index in [1.54, 1.807) is 0 Å². The van der Waals surface area contributed by atoms with Crippen LogP contribution in [0.1, 0.15) is 24.3 Å². The van der Waals surface area contributed by atoms with Gasteiger partial charge in [-0.05, 0) is 32.4 Å². The maximum atomic E-state index is 12.3. The monoisotopic (exact) mass is 266 g/mol. The number of hydrogen-bond donors (Lipinski definition) is 2. The Morgan fingerprint density at radius 1 is 1.24 bits per heavy atom. The van der Waals surface area contributed by atoms with E-state index < -0.39 is 11.2 Å². The molecule has 0 aliphatic carbocycles.